The van der Waals surface area contributed by atoms with Gasteiger partial charge in [0.25, 0.3) is 0 Å². The van der Waals surface area contributed by atoms with E-state index in [0.29, 0.717) is 0 Å². The Hall–Kier alpha value is -0.396. The Bertz CT molecular complexity index is 350. The lowest BCUT2D eigenvalue weighted by Crippen LogP contribution is -2.56. The molecule has 1 saturated heterocycles. The topological polar surface area (TPSA) is 40.5 Å². The van der Waals surface area contributed by atoms with Crippen LogP contribution < -0.4 is 0 Å². The van der Waals surface area contributed by atoms with E-state index in [2.05, 4.69) is 43.9 Å². The standard InChI is InChI=1S/C14H29NO2Si2/c1-7-9-12(13(14(16)17)18(2,3)4)15-10-8-11-19(15,5)6/h7,12-13H,1,8-11H2,2-6H3,(H,16,17). The zero-order valence-electron chi connectivity index (χ0n) is 13.1. The van der Waals surface area contributed by atoms with Crippen LogP contribution in [0.2, 0.25) is 44.3 Å². The zero-order chi connectivity index (χ0) is 14.8. The van der Waals surface area contributed by atoms with Crippen LogP contribution in [0.4, 0.5) is 0 Å². The van der Waals surface area contributed by atoms with E-state index in [0.717, 1.165) is 13.0 Å². The molecule has 0 spiro atoms. The number of carboxylic acid groups (broad SMARTS) is 1. The van der Waals surface area contributed by atoms with Gasteiger partial charge in [-0.15, -0.1) is 6.58 Å². The van der Waals surface area contributed by atoms with Crippen molar-refractivity contribution in [3.8, 4) is 0 Å². The third-order valence-corrected chi connectivity index (χ3v) is 10.5. The van der Waals surface area contributed by atoms with Crippen LogP contribution in [-0.4, -0.2) is 44.5 Å². The van der Waals surface area contributed by atoms with Crippen LogP contribution in [-0.2, 0) is 4.79 Å². The summed E-state index contributed by atoms with van der Waals surface area (Å²) in [6.07, 6.45) is 3.94. The molecular weight excluding hydrogens is 270 g/mol. The highest BCUT2D eigenvalue weighted by molar-refractivity contribution is 6.81. The summed E-state index contributed by atoms with van der Waals surface area (Å²) in [5.41, 5.74) is -0.199. The average Bonchev–Trinajstić information content (AvgIpc) is 2.54. The van der Waals surface area contributed by atoms with Crippen molar-refractivity contribution in [2.45, 2.75) is 63.2 Å². The molecule has 0 aromatic heterocycles. The van der Waals surface area contributed by atoms with E-state index in [-0.39, 0.29) is 11.6 Å². The lowest BCUT2D eigenvalue weighted by atomic mass is 10.1. The second-order valence-electron chi connectivity index (χ2n) is 7.38. The molecule has 1 heterocycles. The molecule has 0 saturated carbocycles. The van der Waals surface area contributed by atoms with Gasteiger partial charge in [0.15, 0.2) is 0 Å². The first-order chi connectivity index (χ1) is 8.61. The van der Waals surface area contributed by atoms with Crippen molar-refractivity contribution < 1.29 is 9.90 Å². The molecule has 110 valence electrons. The fraction of sp³-hybridized carbons (Fsp3) is 0.786. The normalized spacial score (nSPS) is 23.0. The van der Waals surface area contributed by atoms with Gasteiger partial charge in [0, 0.05) is 6.04 Å². The molecule has 1 aliphatic rings. The number of carboxylic acids is 1. The van der Waals surface area contributed by atoms with Crippen LogP contribution in [0.15, 0.2) is 12.7 Å². The van der Waals surface area contributed by atoms with Crippen LogP contribution in [0.25, 0.3) is 0 Å². The first kappa shape index (κ1) is 16.7. The van der Waals surface area contributed by atoms with Gasteiger partial charge in [0.2, 0.25) is 0 Å². The Morgan fingerprint density at radius 2 is 2.05 bits per heavy atom. The minimum Gasteiger partial charge on any atom is -0.481 e. The van der Waals surface area contributed by atoms with Crippen molar-refractivity contribution >= 4 is 22.3 Å². The van der Waals surface area contributed by atoms with Crippen molar-refractivity contribution in [1.29, 1.82) is 0 Å². The third kappa shape index (κ3) is 3.80. The van der Waals surface area contributed by atoms with Crippen molar-refractivity contribution in [2.24, 2.45) is 0 Å². The molecule has 0 aromatic carbocycles. The Labute approximate surface area is 119 Å². The predicted octanol–water partition coefficient (Wildman–Crippen LogP) is 3.63. The lowest BCUT2D eigenvalue weighted by Gasteiger charge is -2.43. The monoisotopic (exact) mass is 299 g/mol. The molecule has 1 aliphatic heterocycles. The van der Waals surface area contributed by atoms with Gasteiger partial charge in [-0.3, -0.25) is 4.79 Å². The van der Waals surface area contributed by atoms with E-state index in [1.165, 1.54) is 12.5 Å². The fourth-order valence-electron chi connectivity index (χ4n) is 3.47. The molecule has 0 radical (unpaired) electrons. The SMILES string of the molecule is C=CCC(C(C(=O)O)[Si](C)(C)C)N1CCC[Si]1(C)C. The molecule has 1 N–H and O–H groups in total. The molecule has 5 heteroatoms. The van der Waals surface area contributed by atoms with E-state index >= 15 is 0 Å². The Morgan fingerprint density at radius 1 is 1.47 bits per heavy atom. The molecule has 0 aromatic rings. The maximum absolute atomic E-state index is 11.8. The summed E-state index contributed by atoms with van der Waals surface area (Å²) >= 11 is 0. The van der Waals surface area contributed by atoms with Crippen molar-refractivity contribution in [1.82, 2.24) is 4.57 Å². The molecule has 0 bridgehead atoms. The van der Waals surface area contributed by atoms with Gasteiger partial charge in [0.05, 0.1) is 13.6 Å². The van der Waals surface area contributed by atoms with Crippen LogP contribution in [0, 0.1) is 0 Å². The maximum atomic E-state index is 11.8. The number of hydrogen-bond donors (Lipinski definition) is 1. The number of nitrogens with zero attached hydrogens (tertiary/aromatic N) is 1. The summed E-state index contributed by atoms with van der Waals surface area (Å²) in [5, 5.41) is 9.73. The quantitative estimate of drug-likeness (QED) is 0.601. The van der Waals surface area contributed by atoms with Gasteiger partial charge >= 0.3 is 5.97 Å². The van der Waals surface area contributed by atoms with E-state index in [4.69, 9.17) is 0 Å². The maximum Gasteiger partial charge on any atom is 0.305 e. The van der Waals surface area contributed by atoms with E-state index in [9.17, 15) is 9.90 Å². The number of aliphatic carboxylic acids is 1. The van der Waals surface area contributed by atoms with E-state index in [1.807, 2.05) is 6.08 Å². The van der Waals surface area contributed by atoms with Crippen molar-refractivity contribution in [3.05, 3.63) is 12.7 Å². The minimum atomic E-state index is -1.75. The molecule has 2 atom stereocenters. The summed E-state index contributed by atoms with van der Waals surface area (Å²) < 4.78 is 2.56. The summed E-state index contributed by atoms with van der Waals surface area (Å²) in [7, 11) is -3.16. The predicted molar refractivity (Wildman–Crippen MR) is 86.9 cm³/mol. The Morgan fingerprint density at radius 3 is 2.37 bits per heavy atom. The number of carbonyl (C=O) groups is 1. The van der Waals surface area contributed by atoms with Crippen LogP contribution in [0.1, 0.15) is 12.8 Å². The smallest absolute Gasteiger partial charge is 0.305 e. The Balaban J connectivity index is 3.11. The third-order valence-electron chi connectivity index (χ3n) is 4.36. The van der Waals surface area contributed by atoms with Gasteiger partial charge in [-0.1, -0.05) is 38.8 Å². The lowest BCUT2D eigenvalue weighted by molar-refractivity contribution is -0.138. The second kappa shape index (κ2) is 5.93. The molecule has 3 nitrogen and oxygen atoms in total. The Kier molecular flexibility index (Phi) is 5.20. The highest BCUT2D eigenvalue weighted by Gasteiger charge is 2.47. The van der Waals surface area contributed by atoms with Gasteiger partial charge in [-0.05, 0) is 25.4 Å². The number of rotatable bonds is 6. The molecular formula is C14H29NO2Si2. The molecule has 1 fully saturated rings. The second-order valence-corrected chi connectivity index (χ2v) is 17.4. The minimum absolute atomic E-state index is 0.158. The first-order valence-corrected chi connectivity index (χ1v) is 13.9. The molecule has 0 amide bonds. The van der Waals surface area contributed by atoms with E-state index < -0.39 is 22.3 Å². The summed E-state index contributed by atoms with van der Waals surface area (Å²) in [6.45, 7) is 16.2. The van der Waals surface area contributed by atoms with Crippen LogP contribution in [0.3, 0.4) is 0 Å². The summed E-state index contributed by atoms with van der Waals surface area (Å²) in [6, 6.07) is 1.45. The molecule has 19 heavy (non-hydrogen) atoms. The zero-order valence-corrected chi connectivity index (χ0v) is 15.1. The first-order valence-electron chi connectivity index (χ1n) is 7.21. The van der Waals surface area contributed by atoms with Crippen molar-refractivity contribution in [2.75, 3.05) is 6.54 Å². The number of hydrogen-bond acceptors (Lipinski definition) is 2. The summed E-state index contributed by atoms with van der Waals surface area (Å²) in [4.78, 5) is 11.8. The highest BCUT2D eigenvalue weighted by Crippen LogP contribution is 2.38. The van der Waals surface area contributed by atoms with Gasteiger partial charge in [0.1, 0.15) is 8.24 Å². The van der Waals surface area contributed by atoms with Crippen molar-refractivity contribution in [3.63, 3.8) is 0 Å². The molecule has 1 rings (SSSR count). The largest absolute Gasteiger partial charge is 0.481 e. The van der Waals surface area contributed by atoms with Gasteiger partial charge in [-0.25, -0.2) is 0 Å². The molecule has 2 unspecified atom stereocenters. The van der Waals surface area contributed by atoms with Crippen LogP contribution >= 0.6 is 0 Å². The van der Waals surface area contributed by atoms with Crippen LogP contribution in [0.5, 0.6) is 0 Å². The highest BCUT2D eigenvalue weighted by atomic mass is 28.3. The van der Waals surface area contributed by atoms with E-state index in [1.54, 1.807) is 0 Å². The summed E-state index contributed by atoms with van der Waals surface area (Å²) in [5.74, 6) is -0.609. The molecule has 0 aliphatic carbocycles. The van der Waals surface area contributed by atoms with Gasteiger partial charge < -0.3 is 9.67 Å². The fourth-order valence-corrected chi connectivity index (χ4v) is 9.06. The average molecular weight is 300 g/mol. The van der Waals surface area contributed by atoms with Gasteiger partial charge in [-0.2, -0.15) is 0 Å².